The second kappa shape index (κ2) is 15.3. The number of furan rings is 1. The number of benzene rings is 10. The first-order valence-electron chi connectivity index (χ1n) is 21.5. The molecule has 3 nitrogen and oxygen atoms in total. The minimum absolute atomic E-state index is 0.908. The van der Waals surface area contributed by atoms with Gasteiger partial charge in [0.25, 0.3) is 0 Å². The maximum absolute atomic E-state index is 6.21. The molecule has 2 heterocycles. The van der Waals surface area contributed by atoms with Crippen LogP contribution in [0.4, 0.5) is 17.1 Å². The first-order chi connectivity index (χ1) is 31.2. The van der Waals surface area contributed by atoms with Crippen molar-refractivity contribution in [1.29, 1.82) is 0 Å². The molecule has 2 aromatic heterocycles. The van der Waals surface area contributed by atoms with E-state index in [9.17, 15) is 0 Å². The molecule has 0 bridgehead atoms. The second-order valence-electron chi connectivity index (χ2n) is 16.1. The molecule has 0 atom stereocenters. The molecule has 12 rings (SSSR count). The summed E-state index contributed by atoms with van der Waals surface area (Å²) in [4.78, 5) is 2.34. The Labute approximate surface area is 366 Å². The summed E-state index contributed by atoms with van der Waals surface area (Å²) in [6, 6.07) is 87.1. The van der Waals surface area contributed by atoms with Gasteiger partial charge in [0.2, 0.25) is 0 Å². The summed E-state index contributed by atoms with van der Waals surface area (Å²) in [5, 5.41) is 4.75. The van der Waals surface area contributed by atoms with Crippen LogP contribution in [0.25, 0.3) is 93.9 Å². The van der Waals surface area contributed by atoms with Crippen LogP contribution in [-0.2, 0) is 0 Å². The van der Waals surface area contributed by atoms with Gasteiger partial charge in [-0.1, -0.05) is 158 Å². The molecule has 0 amide bonds. The lowest BCUT2D eigenvalue weighted by atomic mass is 10.0. The van der Waals surface area contributed by atoms with E-state index in [1.807, 2.05) is 12.1 Å². The minimum atomic E-state index is 0.908. The number of para-hydroxylation sites is 2. The van der Waals surface area contributed by atoms with Crippen LogP contribution < -0.4 is 4.90 Å². The molecule has 296 valence electrons. The van der Waals surface area contributed by atoms with E-state index in [-0.39, 0.29) is 0 Å². The fraction of sp³-hybridized carbons (Fsp3) is 0. The summed E-state index contributed by atoms with van der Waals surface area (Å²) >= 11 is 0. The Hall–Kier alpha value is -8.40. The van der Waals surface area contributed by atoms with E-state index in [0.29, 0.717) is 0 Å². The molecule has 0 aliphatic rings. The summed E-state index contributed by atoms with van der Waals surface area (Å²) in [5.41, 5.74) is 18.0. The van der Waals surface area contributed by atoms with Crippen LogP contribution >= 0.6 is 0 Å². The van der Waals surface area contributed by atoms with Gasteiger partial charge in [0.05, 0.1) is 11.0 Å². The molecule has 0 radical (unpaired) electrons. The van der Waals surface area contributed by atoms with Crippen molar-refractivity contribution in [2.75, 3.05) is 4.90 Å². The minimum Gasteiger partial charge on any atom is -0.456 e. The highest BCUT2D eigenvalue weighted by molar-refractivity contribution is 6.10. The Bertz CT molecular complexity index is 3480. The third-order valence-electron chi connectivity index (χ3n) is 12.4. The maximum Gasteiger partial charge on any atom is 0.136 e. The molecule has 0 fully saturated rings. The van der Waals surface area contributed by atoms with E-state index in [4.69, 9.17) is 4.42 Å². The average Bonchev–Trinajstić information content (AvgIpc) is 3.90. The highest BCUT2D eigenvalue weighted by atomic mass is 16.3. The van der Waals surface area contributed by atoms with Crippen molar-refractivity contribution in [3.05, 3.63) is 243 Å². The Balaban J connectivity index is 0.879. The average molecular weight is 805 g/mol. The van der Waals surface area contributed by atoms with E-state index < -0.39 is 0 Å². The van der Waals surface area contributed by atoms with Crippen molar-refractivity contribution in [2.24, 2.45) is 0 Å². The molecule has 63 heavy (non-hydrogen) atoms. The molecular weight excluding hydrogens is 765 g/mol. The molecule has 0 unspecified atom stereocenters. The predicted molar refractivity (Wildman–Crippen MR) is 264 cm³/mol. The van der Waals surface area contributed by atoms with E-state index in [1.165, 1.54) is 55.2 Å². The van der Waals surface area contributed by atoms with Crippen LogP contribution in [0.1, 0.15) is 0 Å². The van der Waals surface area contributed by atoms with Gasteiger partial charge in [0.1, 0.15) is 11.2 Å². The summed E-state index contributed by atoms with van der Waals surface area (Å²) in [5.74, 6) is 0. The zero-order valence-electron chi connectivity index (χ0n) is 34.4. The van der Waals surface area contributed by atoms with Gasteiger partial charge in [0, 0.05) is 44.3 Å². The normalized spacial score (nSPS) is 11.5. The zero-order valence-corrected chi connectivity index (χ0v) is 34.4. The predicted octanol–water partition coefficient (Wildman–Crippen LogP) is 16.8. The molecule has 10 aromatic carbocycles. The van der Waals surface area contributed by atoms with E-state index >= 15 is 0 Å². The van der Waals surface area contributed by atoms with Crippen LogP contribution in [0.15, 0.2) is 247 Å². The lowest BCUT2D eigenvalue weighted by Crippen LogP contribution is -2.09. The Morgan fingerprint density at radius 3 is 1.29 bits per heavy atom. The van der Waals surface area contributed by atoms with Gasteiger partial charge in [-0.3, -0.25) is 0 Å². The first-order valence-corrected chi connectivity index (χ1v) is 21.5. The van der Waals surface area contributed by atoms with Gasteiger partial charge >= 0.3 is 0 Å². The fourth-order valence-electron chi connectivity index (χ4n) is 9.26. The van der Waals surface area contributed by atoms with Gasteiger partial charge in [-0.15, -0.1) is 0 Å². The Kier molecular flexibility index (Phi) is 8.83. The van der Waals surface area contributed by atoms with Gasteiger partial charge in [-0.25, -0.2) is 0 Å². The number of nitrogens with zero attached hydrogens (tertiary/aromatic N) is 2. The van der Waals surface area contributed by atoms with Crippen LogP contribution in [0.2, 0.25) is 0 Å². The second-order valence-corrected chi connectivity index (χ2v) is 16.1. The number of hydrogen-bond donors (Lipinski definition) is 0. The Morgan fingerprint density at radius 1 is 0.270 bits per heavy atom. The number of rotatable bonds is 8. The van der Waals surface area contributed by atoms with Crippen molar-refractivity contribution in [2.45, 2.75) is 0 Å². The maximum atomic E-state index is 6.21. The Morgan fingerprint density at radius 2 is 0.683 bits per heavy atom. The fourth-order valence-corrected chi connectivity index (χ4v) is 9.26. The standard InChI is InChI=1S/C60H40N2O/c1-3-11-41(12-4-1)43-19-29-49(30-20-43)61(50-31-21-44(22-32-50)42-13-5-2-6-14-42)51-33-23-45(24-34-51)47-28-38-58-56(39-47)53-15-7-9-17-57(53)62(58)52-35-25-46(26-36-52)48-27-37-55-54-16-8-10-18-59(54)63-60(55)40-48/h1-40H. The van der Waals surface area contributed by atoms with Crippen molar-refractivity contribution < 1.29 is 4.42 Å². The lowest BCUT2D eigenvalue weighted by molar-refractivity contribution is 0.669. The molecule has 12 aromatic rings. The van der Waals surface area contributed by atoms with Crippen LogP contribution in [0.3, 0.4) is 0 Å². The molecule has 0 saturated heterocycles. The third-order valence-corrected chi connectivity index (χ3v) is 12.4. The van der Waals surface area contributed by atoms with Crippen LogP contribution in [0.5, 0.6) is 0 Å². The molecule has 0 aliphatic carbocycles. The SMILES string of the molecule is c1ccc(-c2ccc(N(c3ccc(-c4ccccc4)cc3)c3ccc(-c4ccc5c(c4)c4ccccc4n5-c4ccc(-c5ccc6c(c5)oc5ccccc56)cc4)cc3)cc2)cc1. The number of hydrogen-bond acceptors (Lipinski definition) is 2. The zero-order chi connectivity index (χ0) is 41.7. The van der Waals surface area contributed by atoms with Crippen molar-refractivity contribution in [1.82, 2.24) is 4.57 Å². The van der Waals surface area contributed by atoms with Crippen molar-refractivity contribution in [3.8, 4) is 50.2 Å². The molecule has 0 spiro atoms. The molecule has 0 saturated carbocycles. The number of anilines is 3. The molecule has 3 heteroatoms. The monoisotopic (exact) mass is 804 g/mol. The largest absolute Gasteiger partial charge is 0.456 e. The van der Waals surface area contributed by atoms with Gasteiger partial charge < -0.3 is 13.9 Å². The van der Waals surface area contributed by atoms with E-state index in [2.05, 4.69) is 240 Å². The lowest BCUT2D eigenvalue weighted by Gasteiger charge is -2.26. The smallest absolute Gasteiger partial charge is 0.136 e. The van der Waals surface area contributed by atoms with Crippen LogP contribution in [-0.4, -0.2) is 4.57 Å². The summed E-state index contributed by atoms with van der Waals surface area (Å²) < 4.78 is 8.60. The number of aromatic nitrogens is 1. The molecular formula is C60H40N2O. The topological polar surface area (TPSA) is 21.3 Å². The third kappa shape index (κ3) is 6.55. The van der Waals surface area contributed by atoms with E-state index in [1.54, 1.807) is 0 Å². The van der Waals surface area contributed by atoms with Gasteiger partial charge in [-0.2, -0.15) is 0 Å². The highest BCUT2D eigenvalue weighted by Crippen LogP contribution is 2.40. The van der Waals surface area contributed by atoms with Gasteiger partial charge in [0.15, 0.2) is 0 Å². The summed E-state index contributed by atoms with van der Waals surface area (Å²) in [7, 11) is 0. The highest BCUT2D eigenvalue weighted by Gasteiger charge is 2.17. The summed E-state index contributed by atoms with van der Waals surface area (Å²) in [6.07, 6.45) is 0. The van der Waals surface area contributed by atoms with Crippen molar-refractivity contribution in [3.63, 3.8) is 0 Å². The molecule has 0 aliphatic heterocycles. The first kappa shape index (κ1) is 36.5. The quantitative estimate of drug-likeness (QED) is 0.153. The summed E-state index contributed by atoms with van der Waals surface area (Å²) in [6.45, 7) is 0. The van der Waals surface area contributed by atoms with Crippen molar-refractivity contribution >= 4 is 60.8 Å². The van der Waals surface area contributed by atoms with Crippen LogP contribution in [0, 0.1) is 0 Å². The number of fused-ring (bicyclic) bond motifs is 6. The molecule has 0 N–H and O–H groups in total. The van der Waals surface area contributed by atoms with Gasteiger partial charge in [-0.05, 0) is 129 Å². The van der Waals surface area contributed by atoms with E-state index in [0.717, 1.165) is 55.8 Å².